The Morgan fingerprint density at radius 3 is 1.08 bits per heavy atom. The number of carbonyl (C=O) groups is 4. The van der Waals surface area contributed by atoms with Gasteiger partial charge >= 0.3 is 18.0 Å². The fourth-order valence-corrected chi connectivity index (χ4v) is 17.3. The molecule has 0 atom stereocenters. The molecule has 17 rings (SSSR count). The molecule has 9 aliphatic rings. The molecule has 1 aliphatic carbocycles. The summed E-state index contributed by atoms with van der Waals surface area (Å²) in [6.45, 7) is 23.0. The van der Waals surface area contributed by atoms with Crippen molar-refractivity contribution >= 4 is 82.3 Å². The SMILES string of the molecule is CCCCOc1nc(N)c2c(n1)N(Cc1ccc(CN3CCCC3)cc1)CC(=O)C2.CCCCOc1nc(N)c2c(n1)N(Cc1cccc(CN3CCCC3)c1)C1(CC1)C(=O)C2.COCCOc1nc(N)c2c(n1)N(Cc1cccc(CN3CCCC3)c1)CC(=O)C2.Nc1nc(CS)nc2c1CC(=O)CN2Cc1cccc(CN2CCCC2)c1. The molecule has 632 valence electrons. The van der Waals surface area contributed by atoms with Crippen LogP contribution in [-0.2, 0) is 108 Å². The predicted molar refractivity (Wildman–Crippen MR) is 467 cm³/mol. The highest BCUT2D eigenvalue weighted by atomic mass is 32.1. The lowest BCUT2D eigenvalue weighted by Gasteiger charge is -2.37. The summed E-state index contributed by atoms with van der Waals surface area (Å²) in [6.07, 6.45) is 17.2. The van der Waals surface area contributed by atoms with E-state index in [1.54, 1.807) is 7.11 Å². The molecule has 1 spiro atoms. The van der Waals surface area contributed by atoms with E-state index in [1.165, 1.54) is 137 Å². The van der Waals surface area contributed by atoms with Crippen molar-refractivity contribution in [2.24, 2.45) is 0 Å². The van der Waals surface area contributed by atoms with E-state index in [9.17, 15) is 19.2 Å². The summed E-state index contributed by atoms with van der Waals surface area (Å²) in [5.74, 6) is 5.96. The Morgan fingerprint density at radius 1 is 0.378 bits per heavy atom. The van der Waals surface area contributed by atoms with Crippen LogP contribution < -0.4 is 56.7 Å². The minimum atomic E-state index is -0.445. The number of nitrogens with two attached hydrogens (primary N) is 4. The second-order valence-electron chi connectivity index (χ2n) is 33.0. The smallest absolute Gasteiger partial charge is 0.320 e. The number of nitrogens with zero attached hydrogens (tertiary/aromatic N) is 16. The molecule has 4 saturated heterocycles. The Hall–Kier alpha value is -10.2. The van der Waals surface area contributed by atoms with Gasteiger partial charge in [0.1, 0.15) is 64.5 Å². The van der Waals surface area contributed by atoms with Gasteiger partial charge < -0.3 is 61.5 Å². The van der Waals surface area contributed by atoms with Crippen molar-refractivity contribution in [2.75, 3.05) is 148 Å². The fourth-order valence-electron chi connectivity index (χ4n) is 17.2. The number of anilines is 8. The lowest BCUT2D eigenvalue weighted by molar-refractivity contribution is -0.121. The Bertz CT molecular complexity index is 4820. The van der Waals surface area contributed by atoms with E-state index in [0.717, 1.165) is 104 Å². The molecule has 1 saturated carbocycles. The van der Waals surface area contributed by atoms with Gasteiger partial charge in [0, 0.05) is 107 Å². The molecule has 0 bridgehead atoms. The zero-order valence-corrected chi connectivity index (χ0v) is 70.5. The maximum atomic E-state index is 13.1. The first-order valence-electron chi connectivity index (χ1n) is 42.9. The summed E-state index contributed by atoms with van der Waals surface area (Å²) >= 11 is 4.27. The van der Waals surface area contributed by atoms with E-state index in [-0.39, 0.29) is 42.0 Å². The average Bonchev–Trinajstić information content (AvgIpc) is 1.56. The summed E-state index contributed by atoms with van der Waals surface area (Å²) in [5, 5.41) is 0. The number of methoxy groups -OCH3 is 1. The normalized spacial score (nSPS) is 17.6. The number of benzene rings is 4. The summed E-state index contributed by atoms with van der Waals surface area (Å²) in [4.78, 5) is 104. The van der Waals surface area contributed by atoms with Crippen LogP contribution in [0, 0.1) is 0 Å². The van der Waals surface area contributed by atoms with Gasteiger partial charge in [0.05, 0.1) is 45.2 Å². The van der Waals surface area contributed by atoms with Gasteiger partial charge in [-0.1, -0.05) is 124 Å². The topological polar surface area (TPSA) is 338 Å². The summed E-state index contributed by atoms with van der Waals surface area (Å²) in [7, 11) is 1.61. The van der Waals surface area contributed by atoms with E-state index in [1.807, 2.05) is 14.7 Å². The monoisotopic (exact) mass is 1640 g/mol. The number of fused-ring (bicyclic) bond motifs is 4. The van der Waals surface area contributed by atoms with Gasteiger partial charge in [0.25, 0.3) is 0 Å². The number of thiol groups is 1. The lowest BCUT2D eigenvalue weighted by Crippen LogP contribution is -2.48. The number of Topliss-reactive ketones (excluding diaryl/α,β-unsaturated/α-hetero) is 4. The van der Waals surface area contributed by atoms with Crippen molar-refractivity contribution < 1.29 is 38.1 Å². The Morgan fingerprint density at radius 2 is 0.706 bits per heavy atom. The molecule has 0 radical (unpaired) electrons. The van der Waals surface area contributed by atoms with Gasteiger partial charge in [-0.05, 0) is 174 Å². The quantitative estimate of drug-likeness (QED) is 0.0215. The molecule has 8 aliphatic heterocycles. The molecule has 12 heterocycles. The molecule has 29 heteroatoms. The zero-order chi connectivity index (χ0) is 82.8. The predicted octanol–water partition coefficient (Wildman–Crippen LogP) is 10.5. The van der Waals surface area contributed by atoms with Crippen LogP contribution in [0.1, 0.15) is 176 Å². The number of nitrogen functional groups attached to an aromatic ring is 4. The third-order valence-corrected chi connectivity index (χ3v) is 23.8. The van der Waals surface area contributed by atoms with Crippen LogP contribution >= 0.6 is 12.6 Å². The summed E-state index contributed by atoms with van der Waals surface area (Å²) in [5.41, 5.74) is 37.0. The first-order chi connectivity index (χ1) is 57.9. The standard InChI is InChI=1S/C25H33N5O2.C23H31N5O2.C22H29N5O3.C20H25N5OS/c1-2-3-13-32-24-27-22(26)20-15-21(31)25(9-10-25)30(23(20)28-24)17-19-8-6-7-18(14-19)16-29-11-4-5-12-29;1-2-3-12-30-23-25-21(24)20-13-19(29)16-28(22(20)26-23)15-18-8-6-17(7-9-18)14-27-10-4-5-11-27;1-29-9-10-30-22-24-20(23)19-12-18(28)15-27(21(19)25-22)14-17-6-4-5-16(11-17)13-26-7-2-3-8-26;21-19-17-9-16(26)12-25(20(17)23-18(13-27)22-19)11-15-5-3-4-14(8-15)10-24-6-1-2-7-24/h6-8,14H,2-5,9-13,15-17H2,1H3,(H2,26,27,28);6-9H,2-5,10-16H2,1H3,(H2,24,25,26);4-6,11H,2-3,7-10,12-15H2,1H3,(H2,23,24,25);3-5,8,27H,1-2,6-7,9-13H2,(H2,21,22,23). The first-order valence-corrected chi connectivity index (χ1v) is 43.5. The number of carbonyl (C=O) groups excluding carboxylic acids is 4. The molecule has 4 aromatic carbocycles. The number of unbranched alkanes of at least 4 members (excludes halogenated alkanes) is 2. The molecule has 0 unspecified atom stereocenters. The van der Waals surface area contributed by atoms with Crippen molar-refractivity contribution in [3.8, 4) is 18.0 Å². The third-order valence-electron chi connectivity index (χ3n) is 23.5. The number of rotatable bonds is 29. The molecule has 8 aromatic rings. The third kappa shape index (κ3) is 22.5. The number of hydrogen-bond donors (Lipinski definition) is 5. The highest BCUT2D eigenvalue weighted by Gasteiger charge is 2.58. The van der Waals surface area contributed by atoms with E-state index in [4.69, 9.17) is 46.9 Å². The summed E-state index contributed by atoms with van der Waals surface area (Å²) < 4.78 is 22.0. The number of ketones is 4. The van der Waals surface area contributed by atoms with E-state index < -0.39 is 5.54 Å². The highest BCUT2D eigenvalue weighted by Crippen LogP contribution is 2.51. The van der Waals surface area contributed by atoms with Gasteiger partial charge in [-0.25, -0.2) is 9.97 Å². The van der Waals surface area contributed by atoms with Crippen LogP contribution in [0.25, 0.3) is 0 Å². The van der Waals surface area contributed by atoms with Crippen LogP contribution in [0.15, 0.2) is 97.1 Å². The Balaban J connectivity index is 0.000000130. The number of aromatic nitrogens is 8. The van der Waals surface area contributed by atoms with Crippen molar-refractivity contribution in [1.29, 1.82) is 0 Å². The maximum absolute atomic E-state index is 13.1. The zero-order valence-electron chi connectivity index (χ0n) is 69.6. The second-order valence-corrected chi connectivity index (χ2v) is 33.3. The minimum Gasteiger partial charge on any atom is -0.463 e. The van der Waals surface area contributed by atoms with E-state index >= 15 is 0 Å². The van der Waals surface area contributed by atoms with Gasteiger partial charge in [-0.15, -0.1) is 0 Å². The number of ether oxygens (including phenoxy) is 4. The van der Waals surface area contributed by atoms with Crippen LogP contribution in [-0.4, -0.2) is 194 Å². The van der Waals surface area contributed by atoms with Gasteiger partial charge in [0.15, 0.2) is 23.1 Å². The minimum absolute atomic E-state index is 0.110. The van der Waals surface area contributed by atoms with Crippen molar-refractivity contribution in [2.45, 2.75) is 193 Å². The molecule has 28 nitrogen and oxygen atoms in total. The van der Waals surface area contributed by atoms with Crippen LogP contribution in [0.3, 0.4) is 0 Å². The number of hydrogen-bond acceptors (Lipinski definition) is 29. The lowest BCUT2D eigenvalue weighted by atomic mass is 9.94. The van der Waals surface area contributed by atoms with Crippen LogP contribution in [0.5, 0.6) is 18.0 Å². The van der Waals surface area contributed by atoms with Crippen LogP contribution in [0.2, 0.25) is 0 Å². The highest BCUT2D eigenvalue weighted by molar-refractivity contribution is 7.79. The van der Waals surface area contributed by atoms with Crippen molar-refractivity contribution in [3.63, 3.8) is 0 Å². The van der Waals surface area contributed by atoms with Gasteiger partial charge in [-0.2, -0.15) is 42.5 Å². The van der Waals surface area contributed by atoms with Crippen molar-refractivity contribution in [1.82, 2.24) is 59.5 Å². The molecule has 4 aromatic heterocycles. The Kier molecular flexibility index (Phi) is 29.2. The molecule has 0 amide bonds. The van der Waals surface area contributed by atoms with Crippen LogP contribution in [0.4, 0.5) is 46.5 Å². The second kappa shape index (κ2) is 40.7. The number of likely N-dealkylation sites (tertiary alicyclic amines) is 4. The fraction of sp³-hybridized carbons (Fsp3) is 0.511. The first kappa shape index (κ1) is 85.3. The van der Waals surface area contributed by atoms with Crippen molar-refractivity contribution in [3.05, 3.63) is 170 Å². The maximum Gasteiger partial charge on any atom is 0.320 e. The molecule has 119 heavy (non-hydrogen) atoms. The Labute approximate surface area is 704 Å². The summed E-state index contributed by atoms with van der Waals surface area (Å²) in [6, 6.07) is 35.4. The molecule has 5 fully saturated rings. The molecular weight excluding hydrogens is 1520 g/mol. The average molecular weight is 1640 g/mol. The van der Waals surface area contributed by atoms with Gasteiger partial charge in [-0.3, -0.25) is 38.8 Å². The van der Waals surface area contributed by atoms with E-state index in [0.29, 0.717) is 149 Å². The van der Waals surface area contributed by atoms with Gasteiger partial charge in [0.2, 0.25) is 0 Å². The molecule has 8 N–H and O–H groups in total. The molecular formula is C90H118N20O8S. The largest absolute Gasteiger partial charge is 0.463 e. The van der Waals surface area contributed by atoms with E-state index in [2.05, 4.69) is 183 Å².